The fraction of sp³-hybridized carbons (Fsp3) is 0.370. The van der Waals surface area contributed by atoms with E-state index in [0.29, 0.717) is 30.6 Å². The molecule has 4 amide bonds. The zero-order chi connectivity index (χ0) is 30.3. The Labute approximate surface area is 236 Å². The molecule has 0 spiro atoms. The molecule has 0 aliphatic carbocycles. The van der Waals surface area contributed by atoms with Gasteiger partial charge in [0.1, 0.15) is 23.9 Å². The van der Waals surface area contributed by atoms with Crippen molar-refractivity contribution in [3.05, 3.63) is 53.1 Å². The van der Waals surface area contributed by atoms with Gasteiger partial charge in [0, 0.05) is 22.5 Å². The molecule has 0 unspecified atom stereocenters. The van der Waals surface area contributed by atoms with E-state index in [4.69, 9.17) is 27.3 Å². The molecule has 3 atom stereocenters. The molecule has 2 aromatic rings. The van der Waals surface area contributed by atoms with E-state index in [2.05, 4.69) is 21.3 Å². The van der Waals surface area contributed by atoms with Crippen LogP contribution < -0.4 is 43.2 Å². The lowest BCUT2D eigenvalue weighted by Gasteiger charge is -2.34. The van der Waals surface area contributed by atoms with Gasteiger partial charge in [0.25, 0.3) is 11.8 Å². The van der Waals surface area contributed by atoms with Gasteiger partial charge in [-0.1, -0.05) is 6.07 Å². The number of guanidine groups is 1. The van der Waals surface area contributed by atoms with Crippen LogP contribution in [0.1, 0.15) is 59.4 Å². The lowest BCUT2D eigenvalue weighted by Crippen LogP contribution is -2.64. The summed E-state index contributed by atoms with van der Waals surface area (Å²) in [6.07, 6.45) is -0.0947. The van der Waals surface area contributed by atoms with E-state index in [1.54, 1.807) is 6.07 Å². The number of ether oxygens (including phenoxy) is 1. The van der Waals surface area contributed by atoms with Gasteiger partial charge in [-0.25, -0.2) is 0 Å². The summed E-state index contributed by atoms with van der Waals surface area (Å²) >= 11 is 0. The summed E-state index contributed by atoms with van der Waals surface area (Å²) in [4.78, 5) is 52.4. The van der Waals surface area contributed by atoms with E-state index >= 15 is 0 Å². The maximum atomic E-state index is 13.5. The molecular weight excluding hydrogens is 532 g/mol. The lowest BCUT2D eigenvalue weighted by molar-refractivity contribution is -0.134. The van der Waals surface area contributed by atoms with E-state index in [0.717, 1.165) is 0 Å². The van der Waals surface area contributed by atoms with Crippen LogP contribution in [0.2, 0.25) is 0 Å². The van der Waals surface area contributed by atoms with Crippen LogP contribution in [-0.2, 0) is 16.2 Å². The number of aliphatic hydroxyl groups excluding tert-OH is 1. The molecule has 0 fully saturated rings. The number of rotatable bonds is 7. The first-order valence-electron chi connectivity index (χ1n) is 13.0. The highest BCUT2D eigenvalue weighted by atomic mass is 16.5. The third-order valence-corrected chi connectivity index (χ3v) is 6.79. The summed E-state index contributed by atoms with van der Waals surface area (Å²) in [6.45, 7) is 2.92. The number of benzene rings is 2. The zero-order valence-corrected chi connectivity index (χ0v) is 22.9. The van der Waals surface area contributed by atoms with Crippen molar-refractivity contribution in [2.24, 2.45) is 17.2 Å². The smallest absolute Gasteiger partial charge is 0.255 e. The quantitative estimate of drug-likeness (QED) is 0.125. The van der Waals surface area contributed by atoms with Crippen molar-refractivity contribution >= 4 is 41.0 Å². The molecule has 3 rings (SSSR count). The van der Waals surface area contributed by atoms with Gasteiger partial charge < -0.3 is 48.3 Å². The lowest BCUT2D eigenvalue weighted by atomic mass is 9.93. The summed E-state index contributed by atoms with van der Waals surface area (Å²) in [5.74, 6) is -3.09. The Morgan fingerprint density at radius 2 is 1.93 bits per heavy atom. The van der Waals surface area contributed by atoms with Crippen molar-refractivity contribution in [2.45, 2.75) is 57.4 Å². The highest BCUT2D eigenvalue weighted by molar-refractivity contribution is 6.05. The first-order chi connectivity index (χ1) is 19.3. The van der Waals surface area contributed by atoms with Crippen molar-refractivity contribution < 1.29 is 29.0 Å². The van der Waals surface area contributed by atoms with E-state index in [1.165, 1.54) is 44.2 Å². The van der Waals surface area contributed by atoms with Crippen LogP contribution in [0.25, 0.3) is 0 Å². The highest BCUT2D eigenvalue weighted by Gasteiger charge is 2.42. The van der Waals surface area contributed by atoms with Gasteiger partial charge in [0.15, 0.2) is 5.96 Å². The normalized spacial score (nSPS) is 20.1. The number of amides is 4. The Morgan fingerprint density at radius 1 is 1.20 bits per heavy atom. The molecule has 14 heteroatoms. The molecule has 220 valence electrons. The minimum atomic E-state index is -1.84. The maximum Gasteiger partial charge on any atom is 0.255 e. The van der Waals surface area contributed by atoms with Crippen molar-refractivity contribution in [2.75, 3.05) is 17.2 Å². The third kappa shape index (κ3) is 7.49. The molecule has 2 aromatic carbocycles. The molecule has 0 aromatic heterocycles. The second-order valence-corrected chi connectivity index (χ2v) is 9.91. The average molecular weight is 569 g/mol. The van der Waals surface area contributed by atoms with Gasteiger partial charge in [-0.2, -0.15) is 0 Å². The van der Waals surface area contributed by atoms with Crippen LogP contribution in [0.15, 0.2) is 36.4 Å². The number of unbranched alkanes of at least 4 members (excludes halogenated alkanes) is 1. The SMILES string of the molecule is C[C@@H](O)[C@]1(C)NC(=O)[C@H](CCCCN)NC(=O)c2cc(NC(=N)N)ccc2OCc2ccc(C(N)=O)cc2NC1=O. The molecule has 1 aliphatic rings. The number of nitrogens with one attached hydrogen (secondary N) is 5. The minimum Gasteiger partial charge on any atom is -0.488 e. The van der Waals surface area contributed by atoms with Crippen LogP contribution in [-0.4, -0.2) is 58.9 Å². The second kappa shape index (κ2) is 13.1. The van der Waals surface area contributed by atoms with Crippen LogP contribution in [0.4, 0.5) is 11.4 Å². The minimum absolute atomic E-state index is 0.0440. The van der Waals surface area contributed by atoms with Crippen LogP contribution in [0.5, 0.6) is 5.75 Å². The van der Waals surface area contributed by atoms with Gasteiger partial charge in [-0.15, -0.1) is 0 Å². The highest BCUT2D eigenvalue weighted by Crippen LogP contribution is 2.27. The summed E-state index contributed by atoms with van der Waals surface area (Å²) in [6, 6.07) is 7.71. The molecule has 41 heavy (non-hydrogen) atoms. The predicted octanol–water partition coefficient (Wildman–Crippen LogP) is 0.105. The molecule has 12 N–H and O–H groups in total. The largest absolute Gasteiger partial charge is 0.488 e. The van der Waals surface area contributed by atoms with Crippen LogP contribution in [0, 0.1) is 5.41 Å². The first-order valence-corrected chi connectivity index (χ1v) is 13.0. The Balaban J connectivity index is 2.15. The van der Waals surface area contributed by atoms with Crippen molar-refractivity contribution in [1.29, 1.82) is 5.41 Å². The first kappa shape index (κ1) is 30.8. The van der Waals surface area contributed by atoms with Crippen molar-refractivity contribution in [1.82, 2.24) is 10.6 Å². The monoisotopic (exact) mass is 568 g/mol. The summed E-state index contributed by atoms with van der Waals surface area (Å²) in [7, 11) is 0. The Bertz CT molecular complexity index is 1350. The maximum absolute atomic E-state index is 13.5. The standard InChI is InChI=1S/C27H36N8O6/c1-14(36)27(2)25(40)34-20-11-15(22(29)37)6-7-16(20)13-41-21-9-8-17(32-26(30)31)12-18(21)23(38)33-19(24(39)35-27)5-3-4-10-28/h6-9,11-12,14,19,36H,3-5,10,13,28H2,1-2H3,(H2,29,37)(H,33,38)(H,34,40)(H,35,39)(H4,30,31,32)/t14-,19+,27+/m1/s1. The molecule has 0 bridgehead atoms. The molecule has 1 aliphatic heterocycles. The summed E-state index contributed by atoms with van der Waals surface area (Å²) < 4.78 is 5.98. The third-order valence-electron chi connectivity index (χ3n) is 6.79. The van der Waals surface area contributed by atoms with Gasteiger partial charge in [-0.3, -0.25) is 24.6 Å². The fourth-order valence-electron chi connectivity index (χ4n) is 4.14. The summed E-state index contributed by atoms with van der Waals surface area (Å²) in [5, 5.41) is 28.7. The molecule has 0 saturated carbocycles. The Hall–Kier alpha value is -4.69. The molecule has 14 nitrogen and oxygen atoms in total. The van der Waals surface area contributed by atoms with Crippen molar-refractivity contribution in [3.8, 4) is 5.75 Å². The summed E-state index contributed by atoms with van der Waals surface area (Å²) in [5.41, 5.74) is 15.7. The van der Waals surface area contributed by atoms with Gasteiger partial charge >= 0.3 is 0 Å². The second-order valence-electron chi connectivity index (χ2n) is 9.91. The van der Waals surface area contributed by atoms with Gasteiger partial charge in [-0.05, 0) is 70.0 Å². The Morgan fingerprint density at radius 3 is 2.56 bits per heavy atom. The number of nitrogens with two attached hydrogens (primary N) is 3. The van der Waals surface area contributed by atoms with Crippen molar-refractivity contribution in [3.63, 3.8) is 0 Å². The van der Waals surface area contributed by atoms with E-state index < -0.39 is 41.3 Å². The van der Waals surface area contributed by atoms with Crippen LogP contribution in [0.3, 0.4) is 0 Å². The number of fused-ring (bicyclic) bond motifs is 2. The molecular formula is C27H36N8O6. The molecule has 0 radical (unpaired) electrons. The van der Waals surface area contributed by atoms with Gasteiger partial charge in [0.2, 0.25) is 11.8 Å². The van der Waals surface area contributed by atoms with E-state index in [1.807, 2.05) is 0 Å². The number of anilines is 2. The number of carbonyl (C=O) groups is 4. The number of aliphatic hydroxyl groups is 1. The topological polar surface area (TPSA) is 248 Å². The number of hydrogen-bond acceptors (Lipinski definition) is 8. The van der Waals surface area contributed by atoms with E-state index in [9.17, 15) is 24.3 Å². The van der Waals surface area contributed by atoms with Gasteiger partial charge in [0.05, 0.1) is 11.7 Å². The fourth-order valence-corrected chi connectivity index (χ4v) is 4.14. The van der Waals surface area contributed by atoms with Crippen LogP contribution >= 0.6 is 0 Å². The predicted molar refractivity (Wildman–Crippen MR) is 152 cm³/mol. The van der Waals surface area contributed by atoms with E-state index in [-0.39, 0.29) is 41.6 Å². The Kier molecular flexibility index (Phi) is 9.86. The zero-order valence-electron chi connectivity index (χ0n) is 22.9. The average Bonchev–Trinajstić information content (AvgIpc) is 2.91. The number of carbonyl (C=O) groups excluding carboxylic acids is 4. The molecule has 0 saturated heterocycles. The number of primary amides is 1. The molecule has 1 heterocycles. The number of hydrogen-bond donors (Lipinski definition) is 9.